The van der Waals surface area contributed by atoms with E-state index in [0.29, 0.717) is 23.8 Å². The van der Waals surface area contributed by atoms with Crippen LogP contribution < -0.4 is 10.6 Å². The lowest BCUT2D eigenvalue weighted by molar-refractivity contribution is 0.685. The number of nitrogens with one attached hydrogen (secondary N) is 2. The van der Waals surface area contributed by atoms with Crippen molar-refractivity contribution in [3.8, 4) is 11.4 Å². The number of hydrogen-bond donors (Lipinski definition) is 2. The van der Waals surface area contributed by atoms with E-state index in [1.165, 1.54) is 25.7 Å². The molecule has 0 aromatic carbocycles. The lowest BCUT2D eigenvalue weighted by atomic mass is 10.2. The summed E-state index contributed by atoms with van der Waals surface area (Å²) < 4.78 is 0. The van der Waals surface area contributed by atoms with Crippen LogP contribution in [0.1, 0.15) is 32.6 Å². The summed E-state index contributed by atoms with van der Waals surface area (Å²) in [4.78, 5) is 17.8. The van der Waals surface area contributed by atoms with Gasteiger partial charge in [0.2, 0.25) is 11.9 Å². The van der Waals surface area contributed by atoms with Crippen molar-refractivity contribution >= 4 is 11.9 Å². The van der Waals surface area contributed by atoms with Gasteiger partial charge in [0.1, 0.15) is 0 Å². The topological polar surface area (TPSA) is 75.6 Å². The number of nitrogens with zero attached hydrogens (tertiary/aromatic N) is 4. The van der Waals surface area contributed by atoms with Gasteiger partial charge in [-0.2, -0.15) is 15.0 Å². The maximum Gasteiger partial charge on any atom is 0.228 e. The highest BCUT2D eigenvalue weighted by atomic mass is 15.2. The molecule has 6 nitrogen and oxygen atoms in total. The molecule has 0 unspecified atom stereocenters. The Kier molecular flexibility index (Phi) is 3.81. The van der Waals surface area contributed by atoms with Crippen molar-refractivity contribution in [3.63, 3.8) is 0 Å². The first-order chi connectivity index (χ1) is 11.3. The molecule has 0 aliphatic heterocycles. The molecule has 2 aliphatic rings. The van der Waals surface area contributed by atoms with Crippen LogP contribution in [-0.2, 0) is 0 Å². The standard InChI is InChI=1S/C17H22N6/c1-11(13-6-7-13)20-17-22-15(14-3-2-8-18-10-14)21-16(23-17)19-9-12-4-5-12/h2-3,8,10-13H,4-7,9H2,1H3,(H2,19,20,21,22,23)/t11-/m1/s1. The fourth-order valence-electron chi connectivity index (χ4n) is 2.62. The van der Waals surface area contributed by atoms with Gasteiger partial charge in [0, 0.05) is 30.5 Å². The van der Waals surface area contributed by atoms with Gasteiger partial charge in [-0.25, -0.2) is 0 Å². The summed E-state index contributed by atoms with van der Waals surface area (Å²) in [6, 6.07) is 4.27. The molecule has 4 rings (SSSR count). The first-order valence-corrected chi connectivity index (χ1v) is 8.45. The molecule has 2 heterocycles. The first-order valence-electron chi connectivity index (χ1n) is 8.45. The Hall–Kier alpha value is -2.24. The van der Waals surface area contributed by atoms with Crippen molar-refractivity contribution in [2.75, 3.05) is 17.2 Å². The molecule has 0 spiro atoms. The molecule has 0 bridgehead atoms. The molecule has 2 N–H and O–H groups in total. The van der Waals surface area contributed by atoms with Crippen molar-refractivity contribution in [1.29, 1.82) is 0 Å². The number of pyridine rings is 1. The molecule has 120 valence electrons. The Bertz CT molecular complexity index is 666. The third-order valence-electron chi connectivity index (χ3n) is 4.49. The number of rotatable bonds is 7. The number of aromatic nitrogens is 4. The third kappa shape index (κ3) is 3.75. The second-order valence-corrected chi connectivity index (χ2v) is 6.64. The minimum atomic E-state index is 0.399. The molecule has 2 aromatic rings. The quantitative estimate of drug-likeness (QED) is 0.819. The molecular weight excluding hydrogens is 288 g/mol. The van der Waals surface area contributed by atoms with Crippen LogP contribution in [0.2, 0.25) is 0 Å². The molecule has 2 aliphatic carbocycles. The first kappa shape index (κ1) is 14.4. The van der Waals surface area contributed by atoms with Gasteiger partial charge < -0.3 is 10.6 Å². The van der Waals surface area contributed by atoms with Crippen LogP contribution in [-0.4, -0.2) is 32.5 Å². The Labute approximate surface area is 136 Å². The highest BCUT2D eigenvalue weighted by Gasteiger charge is 2.28. The zero-order chi connectivity index (χ0) is 15.6. The zero-order valence-electron chi connectivity index (χ0n) is 13.4. The van der Waals surface area contributed by atoms with Gasteiger partial charge >= 0.3 is 0 Å². The molecule has 2 saturated carbocycles. The summed E-state index contributed by atoms with van der Waals surface area (Å²) in [5, 5.41) is 6.79. The molecule has 1 atom stereocenters. The number of anilines is 2. The number of hydrogen-bond acceptors (Lipinski definition) is 6. The van der Waals surface area contributed by atoms with Gasteiger partial charge in [0.25, 0.3) is 0 Å². The van der Waals surface area contributed by atoms with Crippen molar-refractivity contribution in [3.05, 3.63) is 24.5 Å². The SMILES string of the molecule is C[C@@H](Nc1nc(NCC2CC2)nc(-c2cccnc2)n1)C1CC1. The smallest absolute Gasteiger partial charge is 0.228 e. The second-order valence-electron chi connectivity index (χ2n) is 6.64. The Morgan fingerprint density at radius 2 is 1.96 bits per heavy atom. The molecule has 2 aromatic heterocycles. The second kappa shape index (κ2) is 6.10. The predicted molar refractivity (Wildman–Crippen MR) is 90.1 cm³/mol. The van der Waals surface area contributed by atoms with Crippen LogP contribution in [0.3, 0.4) is 0 Å². The van der Waals surface area contributed by atoms with Crippen molar-refractivity contribution < 1.29 is 0 Å². The van der Waals surface area contributed by atoms with E-state index < -0.39 is 0 Å². The average molecular weight is 310 g/mol. The molecule has 2 fully saturated rings. The third-order valence-corrected chi connectivity index (χ3v) is 4.49. The maximum absolute atomic E-state index is 4.58. The van der Waals surface area contributed by atoms with Crippen LogP contribution in [0, 0.1) is 11.8 Å². The van der Waals surface area contributed by atoms with Gasteiger partial charge in [0.05, 0.1) is 0 Å². The van der Waals surface area contributed by atoms with Gasteiger partial charge in [0.15, 0.2) is 5.82 Å². The summed E-state index contributed by atoms with van der Waals surface area (Å²) in [7, 11) is 0. The monoisotopic (exact) mass is 310 g/mol. The fourth-order valence-corrected chi connectivity index (χ4v) is 2.62. The fraction of sp³-hybridized carbons (Fsp3) is 0.529. The summed E-state index contributed by atoms with van der Waals surface area (Å²) in [5.74, 6) is 3.48. The van der Waals surface area contributed by atoms with E-state index in [2.05, 4.69) is 37.5 Å². The normalized spacial score (nSPS) is 18.5. The van der Waals surface area contributed by atoms with Crippen LogP contribution >= 0.6 is 0 Å². The van der Waals surface area contributed by atoms with E-state index in [4.69, 9.17) is 0 Å². The van der Waals surface area contributed by atoms with Crippen molar-refractivity contribution in [2.45, 2.75) is 38.6 Å². The molecule has 6 heteroatoms. The van der Waals surface area contributed by atoms with Crippen molar-refractivity contribution in [2.24, 2.45) is 11.8 Å². The molecule has 0 radical (unpaired) electrons. The van der Waals surface area contributed by atoms with Gasteiger partial charge in [-0.15, -0.1) is 0 Å². The van der Waals surface area contributed by atoms with E-state index >= 15 is 0 Å². The van der Waals surface area contributed by atoms with Gasteiger partial charge in [-0.3, -0.25) is 4.98 Å². The zero-order valence-corrected chi connectivity index (χ0v) is 13.4. The van der Waals surface area contributed by atoms with Gasteiger partial charge in [-0.1, -0.05) is 0 Å². The Morgan fingerprint density at radius 3 is 2.65 bits per heavy atom. The minimum Gasteiger partial charge on any atom is -0.354 e. The summed E-state index contributed by atoms with van der Waals surface area (Å²) >= 11 is 0. The largest absolute Gasteiger partial charge is 0.354 e. The van der Waals surface area contributed by atoms with E-state index in [0.717, 1.165) is 23.9 Å². The van der Waals surface area contributed by atoms with Crippen molar-refractivity contribution in [1.82, 2.24) is 19.9 Å². The average Bonchev–Trinajstić information content (AvgIpc) is 3.47. The van der Waals surface area contributed by atoms with Crippen LogP contribution in [0.4, 0.5) is 11.9 Å². The van der Waals surface area contributed by atoms with E-state index in [1.54, 1.807) is 12.4 Å². The van der Waals surface area contributed by atoms with E-state index in [1.807, 2.05) is 12.1 Å². The van der Waals surface area contributed by atoms with E-state index in [9.17, 15) is 0 Å². The molecular formula is C17H22N6. The Balaban J connectivity index is 1.59. The minimum absolute atomic E-state index is 0.399. The maximum atomic E-state index is 4.58. The van der Waals surface area contributed by atoms with Gasteiger partial charge in [-0.05, 0) is 56.6 Å². The molecule has 23 heavy (non-hydrogen) atoms. The predicted octanol–water partition coefficient (Wildman–Crippen LogP) is 2.97. The highest BCUT2D eigenvalue weighted by molar-refractivity contribution is 5.56. The molecule has 0 saturated heterocycles. The summed E-state index contributed by atoms with van der Waals surface area (Å²) in [6.07, 6.45) is 8.73. The van der Waals surface area contributed by atoms with Crippen LogP contribution in [0.15, 0.2) is 24.5 Å². The Morgan fingerprint density at radius 1 is 1.13 bits per heavy atom. The lowest BCUT2D eigenvalue weighted by Gasteiger charge is -2.14. The highest BCUT2D eigenvalue weighted by Crippen LogP contribution is 2.34. The van der Waals surface area contributed by atoms with E-state index in [-0.39, 0.29) is 0 Å². The van der Waals surface area contributed by atoms with Crippen LogP contribution in [0.25, 0.3) is 11.4 Å². The van der Waals surface area contributed by atoms with Crippen LogP contribution in [0.5, 0.6) is 0 Å². The lowest BCUT2D eigenvalue weighted by Crippen LogP contribution is -2.20. The summed E-state index contributed by atoms with van der Waals surface area (Å²) in [5.41, 5.74) is 0.909. The summed E-state index contributed by atoms with van der Waals surface area (Å²) in [6.45, 7) is 3.14. The molecule has 0 amide bonds.